The van der Waals surface area contributed by atoms with Gasteiger partial charge in [0.1, 0.15) is 22.5 Å². The summed E-state index contributed by atoms with van der Waals surface area (Å²) in [5.41, 5.74) is 1.07. The molecule has 4 rings (SSSR count). The number of ether oxygens (including phenoxy) is 3. The summed E-state index contributed by atoms with van der Waals surface area (Å²) in [5, 5.41) is 7.28. The standard InChI is InChI=1S/C23H27N5O5S/c1-14(13-31-4)32-16-10-15(21(29)25-19-7-9-28(3)26-19)11-17(12-16)33-23-24-18-6-5-8-27(2)22(30)20(18)34-23/h7,9-12,14H,5-6,8,13H2,1-4H3,(H,25,26,29)/t14-/m0/s1. The molecule has 0 unspecified atom stereocenters. The Balaban J connectivity index is 1.61. The molecule has 0 fully saturated rings. The highest BCUT2D eigenvalue weighted by atomic mass is 32.1. The lowest BCUT2D eigenvalue weighted by Gasteiger charge is -2.16. The van der Waals surface area contributed by atoms with E-state index in [4.69, 9.17) is 14.2 Å². The Morgan fingerprint density at radius 2 is 2.06 bits per heavy atom. The van der Waals surface area contributed by atoms with Gasteiger partial charge in [-0.15, -0.1) is 0 Å². The van der Waals surface area contributed by atoms with Crippen molar-refractivity contribution in [2.75, 3.05) is 32.6 Å². The van der Waals surface area contributed by atoms with Crippen LogP contribution in [-0.4, -0.2) is 64.9 Å². The molecule has 0 spiro atoms. The molecule has 1 atom stereocenters. The predicted molar refractivity (Wildman–Crippen MR) is 127 cm³/mol. The van der Waals surface area contributed by atoms with Gasteiger partial charge in [0.05, 0.1) is 12.3 Å². The van der Waals surface area contributed by atoms with Crippen molar-refractivity contribution in [2.24, 2.45) is 7.05 Å². The molecule has 1 N–H and O–H groups in total. The van der Waals surface area contributed by atoms with Crippen LogP contribution >= 0.6 is 11.3 Å². The second-order valence-electron chi connectivity index (χ2n) is 8.09. The third-order valence-corrected chi connectivity index (χ3v) is 6.13. The van der Waals surface area contributed by atoms with Crippen LogP contribution in [0.5, 0.6) is 16.7 Å². The van der Waals surface area contributed by atoms with E-state index in [9.17, 15) is 9.59 Å². The van der Waals surface area contributed by atoms with Crippen LogP contribution < -0.4 is 14.8 Å². The molecule has 10 nitrogen and oxygen atoms in total. The largest absolute Gasteiger partial charge is 0.488 e. The summed E-state index contributed by atoms with van der Waals surface area (Å²) in [7, 11) is 5.15. The number of anilines is 1. The van der Waals surface area contributed by atoms with Crippen molar-refractivity contribution in [3.8, 4) is 16.7 Å². The Morgan fingerprint density at radius 3 is 2.79 bits per heavy atom. The van der Waals surface area contributed by atoms with Crippen molar-refractivity contribution in [1.29, 1.82) is 0 Å². The number of hydrogen-bond donors (Lipinski definition) is 1. The van der Waals surface area contributed by atoms with Gasteiger partial charge in [-0.25, -0.2) is 4.98 Å². The first-order valence-electron chi connectivity index (χ1n) is 10.9. The first kappa shape index (κ1) is 23.7. The summed E-state index contributed by atoms with van der Waals surface area (Å²) in [5.74, 6) is 0.835. The fourth-order valence-corrected chi connectivity index (χ4v) is 4.55. The number of methoxy groups -OCH3 is 1. The van der Waals surface area contributed by atoms with Gasteiger partial charge in [0.25, 0.3) is 17.0 Å². The molecular weight excluding hydrogens is 458 g/mol. The summed E-state index contributed by atoms with van der Waals surface area (Å²) in [6, 6.07) is 6.62. The first-order valence-corrected chi connectivity index (χ1v) is 11.7. The highest BCUT2D eigenvalue weighted by Gasteiger charge is 2.25. The van der Waals surface area contributed by atoms with E-state index in [2.05, 4.69) is 15.4 Å². The van der Waals surface area contributed by atoms with E-state index in [1.54, 1.807) is 61.2 Å². The highest BCUT2D eigenvalue weighted by Crippen LogP contribution is 2.34. The molecule has 0 saturated carbocycles. The number of aromatic nitrogens is 3. The lowest BCUT2D eigenvalue weighted by Crippen LogP contribution is -2.25. The van der Waals surface area contributed by atoms with E-state index in [1.165, 1.54) is 11.3 Å². The Morgan fingerprint density at radius 1 is 1.26 bits per heavy atom. The van der Waals surface area contributed by atoms with Crippen molar-refractivity contribution >= 4 is 29.0 Å². The zero-order valence-corrected chi connectivity index (χ0v) is 20.3. The third kappa shape index (κ3) is 5.54. The molecule has 0 radical (unpaired) electrons. The number of thiazole rings is 1. The van der Waals surface area contributed by atoms with Gasteiger partial charge in [-0.1, -0.05) is 11.3 Å². The van der Waals surface area contributed by atoms with E-state index >= 15 is 0 Å². The van der Waals surface area contributed by atoms with Crippen molar-refractivity contribution in [2.45, 2.75) is 25.9 Å². The SMILES string of the molecule is COC[C@H](C)Oc1cc(Oc2nc3c(s2)C(=O)N(C)CCC3)cc(C(=O)Nc2ccn(C)n2)c1. The second kappa shape index (κ2) is 10.2. The average molecular weight is 486 g/mol. The van der Waals surface area contributed by atoms with Gasteiger partial charge in [0.2, 0.25) is 0 Å². The fraction of sp³-hybridized carbons (Fsp3) is 0.391. The number of fused-ring (bicyclic) bond motifs is 1. The quantitative estimate of drug-likeness (QED) is 0.521. The third-order valence-electron chi connectivity index (χ3n) is 5.17. The Hall–Kier alpha value is -3.44. The maximum atomic E-state index is 12.9. The molecular formula is C23H27N5O5S. The molecule has 11 heteroatoms. The molecule has 0 aliphatic carbocycles. The zero-order valence-electron chi connectivity index (χ0n) is 19.5. The van der Waals surface area contributed by atoms with E-state index < -0.39 is 0 Å². The lowest BCUT2D eigenvalue weighted by atomic mass is 10.2. The van der Waals surface area contributed by atoms with Gasteiger partial charge in [-0.05, 0) is 31.9 Å². The number of amides is 2. The fourth-order valence-electron chi connectivity index (χ4n) is 3.57. The average Bonchev–Trinajstić information content (AvgIpc) is 3.35. The van der Waals surface area contributed by atoms with Gasteiger partial charge < -0.3 is 24.4 Å². The molecule has 1 aliphatic heterocycles. The minimum Gasteiger partial charge on any atom is -0.488 e. The molecule has 0 bridgehead atoms. The van der Waals surface area contributed by atoms with Crippen LogP contribution in [0.15, 0.2) is 30.5 Å². The topological polar surface area (TPSA) is 108 Å². The smallest absolute Gasteiger partial charge is 0.279 e. The molecule has 3 aromatic rings. The number of carbonyl (C=O) groups is 2. The molecule has 2 aromatic heterocycles. The Labute approximate surface area is 201 Å². The number of carbonyl (C=O) groups excluding carboxylic acids is 2. The van der Waals surface area contributed by atoms with Gasteiger partial charge in [0, 0.05) is 51.6 Å². The van der Waals surface area contributed by atoms with Crippen molar-refractivity contribution in [3.63, 3.8) is 0 Å². The molecule has 2 amide bonds. The van der Waals surface area contributed by atoms with E-state index in [1.807, 2.05) is 6.92 Å². The predicted octanol–water partition coefficient (Wildman–Crippen LogP) is 3.35. The number of benzene rings is 1. The summed E-state index contributed by atoms with van der Waals surface area (Å²) < 4.78 is 18.7. The second-order valence-corrected chi connectivity index (χ2v) is 9.06. The van der Waals surface area contributed by atoms with Crippen molar-refractivity contribution < 1.29 is 23.8 Å². The normalized spacial score (nSPS) is 14.4. The van der Waals surface area contributed by atoms with E-state index in [0.29, 0.717) is 52.5 Å². The number of nitrogens with one attached hydrogen (secondary N) is 1. The molecule has 0 saturated heterocycles. The Bertz CT molecular complexity index is 1190. The molecule has 1 aromatic carbocycles. The van der Waals surface area contributed by atoms with Crippen LogP contribution in [0, 0.1) is 0 Å². The highest BCUT2D eigenvalue weighted by molar-refractivity contribution is 7.15. The molecule has 180 valence electrons. The van der Waals surface area contributed by atoms with Crippen LogP contribution in [0.4, 0.5) is 5.82 Å². The van der Waals surface area contributed by atoms with Gasteiger partial charge in [-0.2, -0.15) is 5.10 Å². The number of rotatable bonds is 8. The summed E-state index contributed by atoms with van der Waals surface area (Å²) in [6.07, 6.45) is 3.05. The van der Waals surface area contributed by atoms with Gasteiger partial charge in [-0.3, -0.25) is 14.3 Å². The number of hydrogen-bond acceptors (Lipinski definition) is 8. The minimum absolute atomic E-state index is 0.0549. The van der Waals surface area contributed by atoms with E-state index in [-0.39, 0.29) is 17.9 Å². The molecule has 1 aliphatic rings. The zero-order chi connectivity index (χ0) is 24.2. The van der Waals surface area contributed by atoms with Gasteiger partial charge in [0.15, 0.2) is 5.82 Å². The lowest BCUT2D eigenvalue weighted by molar-refractivity contribution is 0.0804. The number of nitrogens with zero attached hydrogens (tertiary/aromatic N) is 4. The van der Waals surface area contributed by atoms with Crippen LogP contribution in [0.1, 0.15) is 39.1 Å². The van der Waals surface area contributed by atoms with Crippen molar-refractivity contribution in [3.05, 3.63) is 46.6 Å². The maximum Gasteiger partial charge on any atom is 0.279 e. The summed E-state index contributed by atoms with van der Waals surface area (Å²) >= 11 is 1.20. The number of aryl methyl sites for hydroxylation is 2. The van der Waals surface area contributed by atoms with Crippen LogP contribution in [0.25, 0.3) is 0 Å². The summed E-state index contributed by atoms with van der Waals surface area (Å²) in [6.45, 7) is 2.95. The first-order chi connectivity index (χ1) is 16.3. The monoisotopic (exact) mass is 485 g/mol. The Kier molecular flexibility index (Phi) is 7.13. The van der Waals surface area contributed by atoms with Crippen LogP contribution in [0.3, 0.4) is 0 Å². The van der Waals surface area contributed by atoms with E-state index in [0.717, 1.165) is 12.1 Å². The maximum absolute atomic E-state index is 12.9. The van der Waals surface area contributed by atoms with Crippen molar-refractivity contribution in [1.82, 2.24) is 19.7 Å². The van der Waals surface area contributed by atoms with Crippen LogP contribution in [0.2, 0.25) is 0 Å². The van der Waals surface area contributed by atoms with Crippen LogP contribution in [-0.2, 0) is 18.2 Å². The molecule has 3 heterocycles. The summed E-state index contributed by atoms with van der Waals surface area (Å²) in [4.78, 5) is 32.3. The molecule has 34 heavy (non-hydrogen) atoms. The van der Waals surface area contributed by atoms with Gasteiger partial charge >= 0.3 is 0 Å². The minimum atomic E-state index is -0.361.